The van der Waals surface area contributed by atoms with Gasteiger partial charge in [0.05, 0.1) is 0 Å². The molecule has 1 heterocycles. The van der Waals surface area contributed by atoms with Crippen molar-refractivity contribution < 1.29 is 14.7 Å². The van der Waals surface area contributed by atoms with Crippen LogP contribution in [0.15, 0.2) is 0 Å². The van der Waals surface area contributed by atoms with E-state index in [1.165, 1.54) is 25.7 Å². The van der Waals surface area contributed by atoms with Gasteiger partial charge in [-0.3, -0.25) is 4.79 Å². The molecule has 4 heteroatoms. The zero-order chi connectivity index (χ0) is 14.3. The second-order valence-corrected chi connectivity index (χ2v) is 5.75. The fourth-order valence-electron chi connectivity index (χ4n) is 2.78. The highest BCUT2D eigenvalue weighted by Crippen LogP contribution is 2.30. The number of nitrogens with zero attached hydrogens (tertiary/aromatic N) is 1. The van der Waals surface area contributed by atoms with Crippen LogP contribution in [0.25, 0.3) is 0 Å². The largest absolute Gasteiger partial charge is 0.480 e. The lowest BCUT2D eigenvalue weighted by Crippen LogP contribution is -2.50. The van der Waals surface area contributed by atoms with E-state index in [2.05, 4.69) is 6.92 Å². The van der Waals surface area contributed by atoms with Gasteiger partial charge in [0.25, 0.3) is 0 Å². The minimum absolute atomic E-state index is 0.0119. The summed E-state index contributed by atoms with van der Waals surface area (Å²) in [7, 11) is 0. The third-order valence-electron chi connectivity index (χ3n) is 4.15. The van der Waals surface area contributed by atoms with E-state index in [1.807, 2.05) is 0 Å². The van der Waals surface area contributed by atoms with Crippen molar-refractivity contribution in [2.45, 2.75) is 77.2 Å². The van der Waals surface area contributed by atoms with Crippen LogP contribution in [0, 0.1) is 0 Å². The van der Waals surface area contributed by atoms with Crippen LogP contribution in [-0.4, -0.2) is 34.0 Å². The van der Waals surface area contributed by atoms with E-state index in [9.17, 15) is 14.7 Å². The van der Waals surface area contributed by atoms with Gasteiger partial charge in [0.15, 0.2) is 0 Å². The number of hydrogen-bond acceptors (Lipinski definition) is 2. The lowest BCUT2D eigenvalue weighted by atomic mass is 9.98. The van der Waals surface area contributed by atoms with Gasteiger partial charge >= 0.3 is 5.97 Å². The van der Waals surface area contributed by atoms with Gasteiger partial charge < -0.3 is 10.0 Å². The molecule has 110 valence electrons. The Balaban J connectivity index is 2.31. The number of aliphatic carboxylic acids is 1. The lowest BCUT2D eigenvalue weighted by molar-refractivity contribution is -0.155. The number of unbranched alkanes of at least 4 members (excludes halogenated alkanes) is 5. The van der Waals surface area contributed by atoms with Crippen LogP contribution in [0.3, 0.4) is 0 Å². The van der Waals surface area contributed by atoms with Crippen molar-refractivity contribution in [1.82, 2.24) is 4.90 Å². The fourth-order valence-corrected chi connectivity index (χ4v) is 2.78. The van der Waals surface area contributed by atoms with Crippen molar-refractivity contribution in [1.29, 1.82) is 0 Å². The predicted molar refractivity (Wildman–Crippen MR) is 75.0 cm³/mol. The molecule has 1 aliphatic rings. The van der Waals surface area contributed by atoms with E-state index in [4.69, 9.17) is 0 Å². The maximum absolute atomic E-state index is 12.1. The SMILES string of the molecule is CCCCCCCCC(=O)N1CCCC1(C)C(=O)O. The molecule has 0 aliphatic carbocycles. The first kappa shape index (κ1) is 16.0. The number of likely N-dealkylation sites (tertiary alicyclic amines) is 1. The van der Waals surface area contributed by atoms with Crippen LogP contribution < -0.4 is 0 Å². The Bertz CT molecular complexity index is 317. The molecule has 1 aliphatic heterocycles. The summed E-state index contributed by atoms with van der Waals surface area (Å²) in [6.45, 7) is 4.45. The zero-order valence-electron chi connectivity index (χ0n) is 12.3. The molecule has 1 fully saturated rings. The third-order valence-corrected chi connectivity index (χ3v) is 4.15. The Hall–Kier alpha value is -1.06. The summed E-state index contributed by atoms with van der Waals surface area (Å²) in [5.74, 6) is -0.862. The second-order valence-electron chi connectivity index (χ2n) is 5.75. The molecule has 0 aromatic heterocycles. The molecule has 0 bridgehead atoms. The molecule has 1 unspecified atom stereocenters. The molecule has 1 saturated heterocycles. The van der Waals surface area contributed by atoms with Crippen molar-refractivity contribution in [2.75, 3.05) is 6.54 Å². The fraction of sp³-hybridized carbons (Fsp3) is 0.867. The number of carbonyl (C=O) groups is 2. The number of amides is 1. The first-order chi connectivity index (χ1) is 9.02. The summed E-state index contributed by atoms with van der Waals surface area (Å²) in [6.07, 6.45) is 8.72. The number of carboxylic acid groups (broad SMARTS) is 1. The molecule has 0 aromatic rings. The average Bonchev–Trinajstić information content (AvgIpc) is 2.77. The molecule has 0 spiro atoms. The highest BCUT2D eigenvalue weighted by molar-refractivity contribution is 5.87. The van der Waals surface area contributed by atoms with E-state index in [-0.39, 0.29) is 5.91 Å². The third kappa shape index (κ3) is 4.22. The Morgan fingerprint density at radius 1 is 1.16 bits per heavy atom. The standard InChI is InChI=1S/C15H27NO3/c1-3-4-5-6-7-8-10-13(17)16-12-9-11-15(16,2)14(18)19/h3-12H2,1-2H3,(H,18,19). The zero-order valence-corrected chi connectivity index (χ0v) is 12.3. The molecule has 19 heavy (non-hydrogen) atoms. The lowest BCUT2D eigenvalue weighted by Gasteiger charge is -2.31. The Labute approximate surface area is 116 Å². The van der Waals surface area contributed by atoms with Crippen LogP contribution >= 0.6 is 0 Å². The van der Waals surface area contributed by atoms with Crippen molar-refractivity contribution in [3.8, 4) is 0 Å². The molecule has 0 aromatic carbocycles. The van der Waals surface area contributed by atoms with E-state index in [0.29, 0.717) is 19.4 Å². The maximum atomic E-state index is 12.1. The molecule has 0 saturated carbocycles. The van der Waals surface area contributed by atoms with Crippen LogP contribution in [0.1, 0.15) is 71.6 Å². The van der Waals surface area contributed by atoms with Gasteiger partial charge in [-0.25, -0.2) is 4.79 Å². The van der Waals surface area contributed by atoms with Gasteiger partial charge in [-0.05, 0) is 26.2 Å². The molecule has 1 N–H and O–H groups in total. The van der Waals surface area contributed by atoms with Gasteiger partial charge in [0.1, 0.15) is 5.54 Å². The summed E-state index contributed by atoms with van der Waals surface area (Å²) in [5, 5.41) is 9.27. The number of carboxylic acids is 1. The van der Waals surface area contributed by atoms with Gasteiger partial charge in [-0.15, -0.1) is 0 Å². The quantitative estimate of drug-likeness (QED) is 0.688. The second kappa shape index (κ2) is 7.51. The van der Waals surface area contributed by atoms with Gasteiger partial charge in [0, 0.05) is 13.0 Å². The van der Waals surface area contributed by atoms with Crippen molar-refractivity contribution in [3.63, 3.8) is 0 Å². The van der Waals surface area contributed by atoms with E-state index in [0.717, 1.165) is 19.3 Å². The first-order valence-corrected chi connectivity index (χ1v) is 7.56. The van der Waals surface area contributed by atoms with Crippen LogP contribution in [0.4, 0.5) is 0 Å². The Morgan fingerprint density at radius 2 is 1.79 bits per heavy atom. The van der Waals surface area contributed by atoms with E-state index < -0.39 is 11.5 Å². The van der Waals surface area contributed by atoms with Crippen molar-refractivity contribution in [3.05, 3.63) is 0 Å². The molecule has 1 rings (SSSR count). The Morgan fingerprint density at radius 3 is 2.42 bits per heavy atom. The molecule has 1 amide bonds. The average molecular weight is 269 g/mol. The van der Waals surface area contributed by atoms with E-state index in [1.54, 1.807) is 11.8 Å². The highest BCUT2D eigenvalue weighted by Gasteiger charge is 2.45. The monoisotopic (exact) mass is 269 g/mol. The maximum Gasteiger partial charge on any atom is 0.329 e. The van der Waals surface area contributed by atoms with Gasteiger partial charge in [-0.1, -0.05) is 39.0 Å². The van der Waals surface area contributed by atoms with Crippen molar-refractivity contribution in [2.24, 2.45) is 0 Å². The van der Waals surface area contributed by atoms with Crippen molar-refractivity contribution >= 4 is 11.9 Å². The van der Waals surface area contributed by atoms with Crippen LogP contribution in [-0.2, 0) is 9.59 Å². The number of carbonyl (C=O) groups excluding carboxylic acids is 1. The minimum atomic E-state index is -0.973. The first-order valence-electron chi connectivity index (χ1n) is 7.56. The predicted octanol–water partition coefficient (Wildman–Crippen LogP) is 3.20. The molecular formula is C15H27NO3. The normalized spacial score (nSPS) is 22.7. The smallest absolute Gasteiger partial charge is 0.329 e. The van der Waals surface area contributed by atoms with Crippen LogP contribution in [0.5, 0.6) is 0 Å². The summed E-state index contributed by atoms with van der Waals surface area (Å²) in [6, 6.07) is 0. The number of hydrogen-bond donors (Lipinski definition) is 1. The summed E-state index contributed by atoms with van der Waals surface area (Å²) >= 11 is 0. The molecule has 0 radical (unpaired) electrons. The minimum Gasteiger partial charge on any atom is -0.480 e. The summed E-state index contributed by atoms with van der Waals surface area (Å²) < 4.78 is 0. The van der Waals surface area contributed by atoms with E-state index >= 15 is 0 Å². The topological polar surface area (TPSA) is 57.6 Å². The number of rotatable bonds is 8. The van der Waals surface area contributed by atoms with Gasteiger partial charge in [-0.2, -0.15) is 0 Å². The molecule has 1 atom stereocenters. The van der Waals surface area contributed by atoms with Gasteiger partial charge in [0.2, 0.25) is 5.91 Å². The molecule has 4 nitrogen and oxygen atoms in total. The molecular weight excluding hydrogens is 242 g/mol. The summed E-state index contributed by atoms with van der Waals surface area (Å²) in [4.78, 5) is 25.0. The highest BCUT2D eigenvalue weighted by atomic mass is 16.4. The van der Waals surface area contributed by atoms with Crippen LogP contribution in [0.2, 0.25) is 0 Å². The Kier molecular flexibility index (Phi) is 6.32. The summed E-state index contributed by atoms with van der Waals surface area (Å²) in [5.41, 5.74) is -0.973.